The van der Waals surface area contributed by atoms with Crippen LogP contribution in [0.15, 0.2) is 61.4 Å². The standard InChI is InChI=1S/C24H16ClF3N8O/c1-12-4-5-13(35-23(37)18-8-15(24(26,27)28)16(25)9-30-18)7-17(12)36-21-14(3-2-6-29-21)19-20-22(33-10-31-19)34-11-32-20/h2-11H,1H3,(H,29,36)(H,35,37)(H,31,32,33,34). The van der Waals surface area contributed by atoms with Crippen molar-refractivity contribution < 1.29 is 18.0 Å². The molecule has 0 fully saturated rings. The zero-order valence-electron chi connectivity index (χ0n) is 18.9. The summed E-state index contributed by atoms with van der Waals surface area (Å²) in [4.78, 5) is 36.5. The van der Waals surface area contributed by atoms with E-state index in [4.69, 9.17) is 11.6 Å². The van der Waals surface area contributed by atoms with Crippen LogP contribution in [-0.4, -0.2) is 35.8 Å². The van der Waals surface area contributed by atoms with Crippen LogP contribution in [-0.2, 0) is 6.18 Å². The number of benzene rings is 1. The lowest BCUT2D eigenvalue weighted by Crippen LogP contribution is -2.16. The van der Waals surface area contributed by atoms with Gasteiger partial charge in [0, 0.05) is 29.3 Å². The van der Waals surface area contributed by atoms with Gasteiger partial charge in [0.2, 0.25) is 0 Å². The van der Waals surface area contributed by atoms with Crippen molar-refractivity contribution >= 4 is 45.9 Å². The number of hydrogen-bond acceptors (Lipinski definition) is 7. The molecule has 0 spiro atoms. The normalized spacial score (nSPS) is 11.5. The summed E-state index contributed by atoms with van der Waals surface area (Å²) in [6, 6.07) is 9.22. The zero-order valence-corrected chi connectivity index (χ0v) is 19.7. The first kappa shape index (κ1) is 24.1. The maximum atomic E-state index is 13.2. The van der Waals surface area contributed by atoms with Crippen LogP contribution in [0.3, 0.4) is 0 Å². The fourth-order valence-electron chi connectivity index (χ4n) is 3.60. The molecule has 0 atom stereocenters. The quantitative estimate of drug-likeness (QED) is 0.266. The lowest BCUT2D eigenvalue weighted by atomic mass is 10.1. The van der Waals surface area contributed by atoms with E-state index >= 15 is 0 Å². The van der Waals surface area contributed by atoms with Gasteiger partial charge >= 0.3 is 6.18 Å². The molecular weight excluding hydrogens is 509 g/mol. The van der Waals surface area contributed by atoms with E-state index in [1.54, 1.807) is 30.5 Å². The zero-order chi connectivity index (χ0) is 26.2. The molecule has 5 aromatic rings. The van der Waals surface area contributed by atoms with Crippen LogP contribution in [0.2, 0.25) is 5.02 Å². The van der Waals surface area contributed by atoms with Gasteiger partial charge in [-0.2, -0.15) is 13.2 Å². The van der Waals surface area contributed by atoms with E-state index in [-0.39, 0.29) is 0 Å². The number of aryl methyl sites for hydroxylation is 1. The molecule has 3 N–H and O–H groups in total. The van der Waals surface area contributed by atoms with Gasteiger partial charge in [0.25, 0.3) is 5.91 Å². The molecule has 1 aromatic carbocycles. The lowest BCUT2D eigenvalue weighted by Gasteiger charge is -2.15. The molecular formula is C24H16ClF3N8O. The Labute approximate surface area is 212 Å². The number of hydrogen-bond donors (Lipinski definition) is 3. The number of carbonyl (C=O) groups is 1. The van der Waals surface area contributed by atoms with Crippen LogP contribution in [0.1, 0.15) is 21.6 Å². The lowest BCUT2D eigenvalue weighted by molar-refractivity contribution is -0.137. The number of pyridine rings is 2. The van der Waals surface area contributed by atoms with Crippen molar-refractivity contribution in [2.75, 3.05) is 10.6 Å². The van der Waals surface area contributed by atoms with Crippen LogP contribution in [0, 0.1) is 6.92 Å². The molecule has 9 nitrogen and oxygen atoms in total. The SMILES string of the molecule is Cc1ccc(NC(=O)c2cc(C(F)(F)F)c(Cl)cn2)cc1Nc1ncccc1-c1ncnc2nc[nH]c12. The summed E-state index contributed by atoms with van der Waals surface area (Å²) in [5, 5.41) is 5.23. The molecule has 1 amide bonds. The highest BCUT2D eigenvalue weighted by atomic mass is 35.5. The van der Waals surface area contributed by atoms with Crippen LogP contribution in [0.25, 0.3) is 22.4 Å². The summed E-state index contributed by atoms with van der Waals surface area (Å²) < 4.78 is 39.5. The molecule has 4 aromatic heterocycles. The number of nitrogens with one attached hydrogen (secondary N) is 3. The number of nitrogens with zero attached hydrogens (tertiary/aromatic N) is 5. The number of amides is 1. The second kappa shape index (κ2) is 9.47. The summed E-state index contributed by atoms with van der Waals surface area (Å²) >= 11 is 5.60. The summed E-state index contributed by atoms with van der Waals surface area (Å²) in [6.07, 6.45) is 0.625. The second-order valence-corrected chi connectivity index (χ2v) is 8.29. The molecule has 4 heterocycles. The van der Waals surface area contributed by atoms with Gasteiger partial charge < -0.3 is 15.6 Å². The number of aromatic amines is 1. The Morgan fingerprint density at radius 2 is 1.89 bits per heavy atom. The number of H-pyrrole nitrogens is 1. The Kier molecular flexibility index (Phi) is 6.17. The minimum atomic E-state index is -4.72. The third kappa shape index (κ3) is 4.91. The summed E-state index contributed by atoms with van der Waals surface area (Å²) in [7, 11) is 0. The van der Waals surface area contributed by atoms with Crippen molar-refractivity contribution in [2.45, 2.75) is 13.1 Å². The molecule has 0 aliphatic carbocycles. The van der Waals surface area contributed by atoms with E-state index in [0.29, 0.717) is 45.7 Å². The highest BCUT2D eigenvalue weighted by molar-refractivity contribution is 6.31. The predicted molar refractivity (Wildman–Crippen MR) is 132 cm³/mol. The third-order valence-electron chi connectivity index (χ3n) is 5.43. The minimum absolute atomic E-state index is 0.332. The number of rotatable bonds is 5. The first-order valence-corrected chi connectivity index (χ1v) is 11.1. The molecule has 0 saturated heterocycles. The van der Waals surface area contributed by atoms with Crippen molar-refractivity contribution in [3.05, 3.63) is 83.3 Å². The Morgan fingerprint density at radius 3 is 2.70 bits per heavy atom. The van der Waals surface area contributed by atoms with Gasteiger partial charge in [-0.15, -0.1) is 0 Å². The predicted octanol–water partition coefficient (Wildman–Crippen LogP) is 5.79. The Bertz CT molecular complexity index is 1640. The van der Waals surface area contributed by atoms with Crippen LogP contribution in [0.5, 0.6) is 0 Å². The summed E-state index contributed by atoms with van der Waals surface area (Å²) in [6.45, 7) is 1.85. The fourth-order valence-corrected chi connectivity index (χ4v) is 3.81. The number of fused-ring (bicyclic) bond motifs is 1. The maximum absolute atomic E-state index is 13.2. The summed E-state index contributed by atoms with van der Waals surface area (Å²) in [5.74, 6) is -0.337. The van der Waals surface area contributed by atoms with E-state index in [0.717, 1.165) is 11.8 Å². The highest BCUT2D eigenvalue weighted by Crippen LogP contribution is 2.35. The molecule has 0 radical (unpaired) electrons. The smallest absolute Gasteiger partial charge is 0.341 e. The van der Waals surface area contributed by atoms with Gasteiger partial charge in [0.1, 0.15) is 29.0 Å². The first-order valence-electron chi connectivity index (χ1n) is 10.7. The number of imidazole rings is 1. The van der Waals surface area contributed by atoms with Gasteiger partial charge in [-0.3, -0.25) is 4.79 Å². The van der Waals surface area contributed by atoms with Crippen LogP contribution >= 0.6 is 11.6 Å². The number of halogens is 4. The Morgan fingerprint density at radius 1 is 1.05 bits per heavy atom. The molecule has 186 valence electrons. The van der Waals surface area contributed by atoms with Gasteiger partial charge in [-0.25, -0.2) is 24.9 Å². The second-order valence-electron chi connectivity index (χ2n) is 7.88. The van der Waals surface area contributed by atoms with E-state index in [2.05, 4.69) is 40.5 Å². The van der Waals surface area contributed by atoms with Crippen molar-refractivity contribution in [2.24, 2.45) is 0 Å². The Balaban J connectivity index is 1.44. The van der Waals surface area contributed by atoms with Crippen molar-refractivity contribution in [3.63, 3.8) is 0 Å². The van der Waals surface area contributed by atoms with Crippen molar-refractivity contribution in [3.8, 4) is 11.3 Å². The summed E-state index contributed by atoms with van der Waals surface area (Å²) in [5.41, 5.74) is 2.62. The Hall–Kier alpha value is -4.58. The van der Waals surface area contributed by atoms with E-state index < -0.39 is 28.4 Å². The van der Waals surface area contributed by atoms with Gasteiger partial charge in [-0.05, 0) is 42.8 Å². The van der Waals surface area contributed by atoms with Gasteiger partial charge in [-0.1, -0.05) is 17.7 Å². The third-order valence-corrected chi connectivity index (χ3v) is 5.73. The fraction of sp³-hybridized carbons (Fsp3) is 0.0833. The molecule has 0 unspecified atom stereocenters. The maximum Gasteiger partial charge on any atom is 0.417 e. The molecule has 0 bridgehead atoms. The molecule has 5 rings (SSSR count). The molecule has 0 aliphatic heterocycles. The number of aromatic nitrogens is 6. The largest absolute Gasteiger partial charge is 0.417 e. The van der Waals surface area contributed by atoms with Crippen LogP contribution < -0.4 is 10.6 Å². The molecule has 0 saturated carbocycles. The van der Waals surface area contributed by atoms with Crippen molar-refractivity contribution in [1.29, 1.82) is 0 Å². The first-order chi connectivity index (χ1) is 17.7. The topological polar surface area (TPSA) is 121 Å². The molecule has 13 heteroatoms. The molecule has 0 aliphatic rings. The molecule has 37 heavy (non-hydrogen) atoms. The average Bonchev–Trinajstić information content (AvgIpc) is 3.35. The van der Waals surface area contributed by atoms with E-state index in [1.807, 2.05) is 13.0 Å². The van der Waals surface area contributed by atoms with Crippen LogP contribution in [0.4, 0.5) is 30.4 Å². The number of anilines is 3. The number of carbonyl (C=O) groups excluding carboxylic acids is 1. The minimum Gasteiger partial charge on any atom is -0.341 e. The number of alkyl halides is 3. The van der Waals surface area contributed by atoms with Gasteiger partial charge in [0.15, 0.2) is 5.65 Å². The highest BCUT2D eigenvalue weighted by Gasteiger charge is 2.34. The van der Waals surface area contributed by atoms with E-state index in [9.17, 15) is 18.0 Å². The van der Waals surface area contributed by atoms with Crippen molar-refractivity contribution in [1.82, 2.24) is 29.9 Å². The van der Waals surface area contributed by atoms with E-state index in [1.165, 1.54) is 12.7 Å². The average molecular weight is 525 g/mol. The monoisotopic (exact) mass is 524 g/mol. The van der Waals surface area contributed by atoms with Gasteiger partial charge in [0.05, 0.1) is 16.9 Å².